The third-order valence-corrected chi connectivity index (χ3v) is 3.83. The Morgan fingerprint density at radius 1 is 1.20 bits per heavy atom. The van der Waals surface area contributed by atoms with Gasteiger partial charge in [0.15, 0.2) is 5.82 Å². The number of carbonyl (C=O) groups is 1. The second-order valence-corrected chi connectivity index (χ2v) is 5.53. The summed E-state index contributed by atoms with van der Waals surface area (Å²) in [5.41, 5.74) is 2.30. The molecule has 1 aromatic heterocycles. The zero-order valence-electron chi connectivity index (χ0n) is 13.8. The number of carbonyl (C=O) groups excluding carboxylic acids is 1. The minimum atomic E-state index is -0.265. The molecule has 0 aliphatic carbocycles. The van der Waals surface area contributed by atoms with Crippen molar-refractivity contribution in [2.45, 2.75) is 19.9 Å². The normalized spacial score (nSPS) is 10.6. The smallest absolute Gasteiger partial charge is 0.251 e. The van der Waals surface area contributed by atoms with Crippen molar-refractivity contribution in [1.29, 1.82) is 0 Å². The number of aromatic nitrogens is 4. The number of nitrogens with one attached hydrogen (secondary N) is 1. The summed E-state index contributed by atoms with van der Waals surface area (Å²) in [6, 6.07) is 13.4. The molecule has 0 unspecified atom stereocenters. The van der Waals surface area contributed by atoms with Gasteiger partial charge in [0, 0.05) is 24.2 Å². The lowest BCUT2D eigenvalue weighted by molar-refractivity contribution is 0.0954. The van der Waals surface area contributed by atoms with Crippen LogP contribution in [0.3, 0.4) is 0 Å². The molecular formula is C18H18FN5O. The molecule has 6 nitrogen and oxygen atoms in total. The van der Waals surface area contributed by atoms with Crippen LogP contribution in [0, 0.1) is 5.82 Å². The van der Waals surface area contributed by atoms with E-state index in [2.05, 4.69) is 20.8 Å². The van der Waals surface area contributed by atoms with Crippen molar-refractivity contribution in [3.8, 4) is 11.4 Å². The molecule has 7 heteroatoms. The van der Waals surface area contributed by atoms with Crippen LogP contribution in [-0.4, -0.2) is 32.7 Å². The highest BCUT2D eigenvalue weighted by Gasteiger charge is 2.11. The fraction of sp³-hybridized carbons (Fsp3) is 0.222. The zero-order valence-corrected chi connectivity index (χ0v) is 13.8. The fourth-order valence-electron chi connectivity index (χ4n) is 2.50. The van der Waals surface area contributed by atoms with E-state index >= 15 is 0 Å². The predicted octanol–water partition coefficient (Wildman–Crippen LogP) is 2.47. The number of tetrazole rings is 1. The summed E-state index contributed by atoms with van der Waals surface area (Å²) in [5.74, 6) is 0.196. The van der Waals surface area contributed by atoms with Crippen molar-refractivity contribution in [3.05, 3.63) is 65.5 Å². The maximum absolute atomic E-state index is 12.9. The number of halogens is 1. The van der Waals surface area contributed by atoms with E-state index in [1.165, 1.54) is 12.1 Å². The predicted molar refractivity (Wildman–Crippen MR) is 91.4 cm³/mol. The van der Waals surface area contributed by atoms with Gasteiger partial charge in [-0.15, -0.1) is 5.10 Å². The molecule has 0 spiro atoms. The number of nitrogens with zero attached hydrogens (tertiary/aromatic N) is 4. The van der Waals surface area contributed by atoms with E-state index in [1.54, 1.807) is 35.0 Å². The summed E-state index contributed by atoms with van der Waals surface area (Å²) in [4.78, 5) is 12.3. The maximum Gasteiger partial charge on any atom is 0.251 e. The van der Waals surface area contributed by atoms with E-state index in [9.17, 15) is 9.18 Å². The Kier molecular flexibility index (Phi) is 5.13. The monoisotopic (exact) mass is 339 g/mol. The molecule has 2 aromatic carbocycles. The molecule has 0 fully saturated rings. The lowest BCUT2D eigenvalue weighted by Crippen LogP contribution is -2.25. The van der Waals surface area contributed by atoms with E-state index in [0.717, 1.165) is 11.1 Å². The molecule has 0 saturated heterocycles. The van der Waals surface area contributed by atoms with Crippen LogP contribution >= 0.6 is 0 Å². The third-order valence-electron chi connectivity index (χ3n) is 3.83. The molecule has 1 amide bonds. The van der Waals surface area contributed by atoms with Gasteiger partial charge < -0.3 is 5.32 Å². The number of hydrogen-bond donors (Lipinski definition) is 1. The van der Waals surface area contributed by atoms with Gasteiger partial charge in [0.1, 0.15) is 5.82 Å². The molecule has 0 aliphatic rings. The van der Waals surface area contributed by atoms with Gasteiger partial charge in [-0.25, -0.2) is 9.07 Å². The van der Waals surface area contributed by atoms with Crippen molar-refractivity contribution in [2.75, 3.05) is 6.54 Å². The molecule has 1 heterocycles. The first-order chi connectivity index (χ1) is 12.2. The standard InChI is InChI=1S/C18H18FN5O/c1-2-24-17(21-22-23-24)14-4-3-5-15(12-14)18(25)20-11-10-13-6-8-16(19)9-7-13/h3-9,12H,2,10-11H2,1H3,(H,20,25). The largest absolute Gasteiger partial charge is 0.352 e. The topological polar surface area (TPSA) is 72.7 Å². The number of rotatable bonds is 6. The molecule has 128 valence electrons. The van der Waals surface area contributed by atoms with E-state index in [0.29, 0.717) is 30.9 Å². The summed E-state index contributed by atoms with van der Waals surface area (Å²) < 4.78 is 14.6. The highest BCUT2D eigenvalue weighted by molar-refractivity contribution is 5.95. The molecular weight excluding hydrogens is 321 g/mol. The fourth-order valence-corrected chi connectivity index (χ4v) is 2.50. The maximum atomic E-state index is 12.9. The first-order valence-electron chi connectivity index (χ1n) is 8.06. The number of aryl methyl sites for hydroxylation is 1. The average molecular weight is 339 g/mol. The molecule has 1 N–H and O–H groups in total. The lowest BCUT2D eigenvalue weighted by Gasteiger charge is -2.07. The van der Waals surface area contributed by atoms with Crippen LogP contribution in [0.1, 0.15) is 22.8 Å². The summed E-state index contributed by atoms with van der Waals surface area (Å²) >= 11 is 0. The van der Waals surface area contributed by atoms with E-state index in [-0.39, 0.29) is 11.7 Å². The number of benzene rings is 2. The summed E-state index contributed by atoms with van der Waals surface area (Å²) in [5, 5.41) is 14.5. The molecule has 25 heavy (non-hydrogen) atoms. The van der Waals surface area contributed by atoms with Crippen LogP contribution in [0.15, 0.2) is 48.5 Å². The molecule has 0 bridgehead atoms. The van der Waals surface area contributed by atoms with Crippen molar-refractivity contribution >= 4 is 5.91 Å². The Morgan fingerprint density at radius 3 is 2.76 bits per heavy atom. The van der Waals surface area contributed by atoms with Crippen molar-refractivity contribution in [1.82, 2.24) is 25.5 Å². The van der Waals surface area contributed by atoms with Gasteiger partial charge in [-0.05, 0) is 53.6 Å². The van der Waals surface area contributed by atoms with Gasteiger partial charge in [0.25, 0.3) is 5.91 Å². The van der Waals surface area contributed by atoms with Gasteiger partial charge in [-0.1, -0.05) is 24.3 Å². The summed E-state index contributed by atoms with van der Waals surface area (Å²) in [6.45, 7) is 3.07. The Balaban J connectivity index is 1.64. The van der Waals surface area contributed by atoms with Crippen LogP contribution in [0.4, 0.5) is 4.39 Å². The molecule has 0 radical (unpaired) electrons. The first kappa shape index (κ1) is 16.8. The third kappa shape index (κ3) is 4.06. The number of hydrogen-bond acceptors (Lipinski definition) is 4. The van der Waals surface area contributed by atoms with E-state index in [4.69, 9.17) is 0 Å². The Bertz CT molecular complexity index is 860. The summed E-state index contributed by atoms with van der Waals surface area (Å²) in [6.07, 6.45) is 0.639. The van der Waals surface area contributed by atoms with Gasteiger partial charge in [0.05, 0.1) is 0 Å². The molecule has 0 atom stereocenters. The minimum absolute atomic E-state index is 0.167. The average Bonchev–Trinajstić information content (AvgIpc) is 3.12. The lowest BCUT2D eigenvalue weighted by atomic mass is 10.1. The minimum Gasteiger partial charge on any atom is -0.352 e. The van der Waals surface area contributed by atoms with Crippen molar-refractivity contribution < 1.29 is 9.18 Å². The van der Waals surface area contributed by atoms with E-state index in [1.807, 2.05) is 13.0 Å². The van der Waals surface area contributed by atoms with Gasteiger partial charge in [-0.2, -0.15) is 0 Å². The van der Waals surface area contributed by atoms with Crippen LogP contribution < -0.4 is 5.32 Å². The highest BCUT2D eigenvalue weighted by Crippen LogP contribution is 2.17. The highest BCUT2D eigenvalue weighted by atomic mass is 19.1. The van der Waals surface area contributed by atoms with Crippen LogP contribution in [0.2, 0.25) is 0 Å². The molecule has 0 saturated carbocycles. The van der Waals surface area contributed by atoms with Gasteiger partial charge in [0.2, 0.25) is 0 Å². The molecule has 3 rings (SSSR count). The van der Waals surface area contributed by atoms with Crippen LogP contribution in [0.5, 0.6) is 0 Å². The first-order valence-corrected chi connectivity index (χ1v) is 8.06. The Morgan fingerprint density at radius 2 is 2.00 bits per heavy atom. The van der Waals surface area contributed by atoms with Gasteiger partial charge >= 0.3 is 0 Å². The second kappa shape index (κ2) is 7.65. The van der Waals surface area contributed by atoms with Crippen LogP contribution in [-0.2, 0) is 13.0 Å². The zero-order chi connectivity index (χ0) is 17.6. The molecule has 0 aliphatic heterocycles. The Labute approximate surface area is 144 Å². The number of amides is 1. The van der Waals surface area contributed by atoms with Crippen LogP contribution in [0.25, 0.3) is 11.4 Å². The van der Waals surface area contributed by atoms with Crippen molar-refractivity contribution in [2.24, 2.45) is 0 Å². The quantitative estimate of drug-likeness (QED) is 0.749. The van der Waals surface area contributed by atoms with E-state index < -0.39 is 0 Å². The van der Waals surface area contributed by atoms with Crippen molar-refractivity contribution in [3.63, 3.8) is 0 Å². The second-order valence-electron chi connectivity index (χ2n) is 5.53. The Hall–Kier alpha value is -3.09. The summed E-state index contributed by atoms with van der Waals surface area (Å²) in [7, 11) is 0. The SMILES string of the molecule is CCn1nnnc1-c1cccc(C(=O)NCCc2ccc(F)cc2)c1. The molecule has 3 aromatic rings. The van der Waals surface area contributed by atoms with Gasteiger partial charge in [-0.3, -0.25) is 4.79 Å².